The molecule has 0 aromatic heterocycles. The number of carbonyl (C=O) groups is 1. The van der Waals surface area contributed by atoms with Crippen molar-refractivity contribution in [3.05, 3.63) is 42.0 Å². The van der Waals surface area contributed by atoms with Crippen LogP contribution >= 0.6 is 0 Å². The molecule has 1 heterocycles. The summed E-state index contributed by atoms with van der Waals surface area (Å²) in [6.07, 6.45) is 4.37. The largest absolute Gasteiger partial charge is 0.364 e. The number of nitrogens with one attached hydrogen (secondary N) is 3. The summed E-state index contributed by atoms with van der Waals surface area (Å²) in [7, 11) is 0. The molecule has 0 saturated carbocycles. The second-order valence-corrected chi connectivity index (χ2v) is 7.39. The first-order valence-electron chi connectivity index (χ1n) is 9.19. The summed E-state index contributed by atoms with van der Waals surface area (Å²) in [5.74, 6) is 0.594. The van der Waals surface area contributed by atoms with Crippen LogP contribution in [-0.4, -0.2) is 43.6 Å². The van der Waals surface area contributed by atoms with E-state index in [1.165, 1.54) is 5.69 Å². The average Bonchev–Trinajstić information content (AvgIpc) is 3.11. The van der Waals surface area contributed by atoms with E-state index in [0.29, 0.717) is 12.5 Å². The van der Waals surface area contributed by atoms with Crippen LogP contribution in [0.3, 0.4) is 0 Å². The van der Waals surface area contributed by atoms with Gasteiger partial charge in [-0.15, -0.1) is 0 Å². The van der Waals surface area contributed by atoms with Crippen LogP contribution in [0, 0.1) is 0 Å². The number of anilines is 1. The zero-order valence-corrected chi connectivity index (χ0v) is 16.3. The van der Waals surface area contributed by atoms with E-state index in [2.05, 4.69) is 62.3 Å². The van der Waals surface area contributed by atoms with E-state index in [0.717, 1.165) is 25.2 Å². The number of amides is 1. The first-order chi connectivity index (χ1) is 12.4. The molecule has 0 spiro atoms. The number of aliphatic imine (C=N–C) groups is 1. The fourth-order valence-corrected chi connectivity index (χ4v) is 2.64. The van der Waals surface area contributed by atoms with Crippen LogP contribution in [-0.2, 0) is 11.3 Å². The second-order valence-electron chi connectivity index (χ2n) is 7.39. The molecule has 2 rings (SSSR count). The van der Waals surface area contributed by atoms with Gasteiger partial charge in [0.15, 0.2) is 5.96 Å². The molecular formula is C20H31N5O. The molecule has 0 radical (unpaired) electrons. The van der Waals surface area contributed by atoms with Crippen molar-refractivity contribution in [2.24, 2.45) is 4.99 Å². The van der Waals surface area contributed by atoms with Gasteiger partial charge in [-0.05, 0) is 45.4 Å². The first kappa shape index (κ1) is 19.8. The number of rotatable bonds is 6. The van der Waals surface area contributed by atoms with Crippen LogP contribution in [0.5, 0.6) is 0 Å². The predicted octanol–water partition coefficient (Wildman–Crippen LogP) is 2.03. The van der Waals surface area contributed by atoms with E-state index in [1.807, 2.05) is 27.7 Å². The molecule has 0 saturated heterocycles. The minimum Gasteiger partial charge on any atom is -0.364 e. The maximum Gasteiger partial charge on any atom is 0.239 e. The zero-order valence-electron chi connectivity index (χ0n) is 16.3. The second kappa shape index (κ2) is 9.27. The van der Waals surface area contributed by atoms with Crippen molar-refractivity contribution in [1.82, 2.24) is 16.0 Å². The molecule has 3 N–H and O–H groups in total. The normalized spacial score (nSPS) is 14.5. The third kappa shape index (κ3) is 6.78. The summed E-state index contributed by atoms with van der Waals surface area (Å²) in [4.78, 5) is 18.8. The van der Waals surface area contributed by atoms with Crippen molar-refractivity contribution >= 4 is 17.6 Å². The monoisotopic (exact) mass is 357 g/mol. The van der Waals surface area contributed by atoms with E-state index in [9.17, 15) is 4.79 Å². The van der Waals surface area contributed by atoms with Crippen LogP contribution in [0.1, 0.15) is 33.3 Å². The minimum absolute atomic E-state index is 0.0494. The summed E-state index contributed by atoms with van der Waals surface area (Å²) in [5, 5.41) is 9.18. The molecule has 6 heteroatoms. The molecule has 0 bridgehead atoms. The minimum atomic E-state index is -0.235. The van der Waals surface area contributed by atoms with Crippen LogP contribution in [0.25, 0.3) is 0 Å². The van der Waals surface area contributed by atoms with E-state index in [4.69, 9.17) is 0 Å². The number of benzene rings is 1. The third-order valence-electron chi connectivity index (χ3n) is 3.81. The van der Waals surface area contributed by atoms with E-state index in [1.54, 1.807) is 0 Å². The summed E-state index contributed by atoms with van der Waals surface area (Å²) in [6.45, 7) is 11.4. The first-order valence-corrected chi connectivity index (χ1v) is 9.19. The molecule has 0 unspecified atom stereocenters. The Bertz CT molecular complexity index is 635. The van der Waals surface area contributed by atoms with Gasteiger partial charge in [-0.2, -0.15) is 0 Å². The molecule has 0 fully saturated rings. The maximum atomic E-state index is 11.9. The summed E-state index contributed by atoms with van der Waals surface area (Å²) >= 11 is 0. The van der Waals surface area contributed by atoms with Crippen LogP contribution < -0.4 is 20.9 Å². The third-order valence-corrected chi connectivity index (χ3v) is 3.81. The molecule has 1 amide bonds. The Balaban J connectivity index is 1.88. The van der Waals surface area contributed by atoms with Gasteiger partial charge >= 0.3 is 0 Å². The number of guanidine groups is 1. The summed E-state index contributed by atoms with van der Waals surface area (Å²) < 4.78 is 0. The Hall–Kier alpha value is -2.50. The molecule has 26 heavy (non-hydrogen) atoms. The molecular weight excluding hydrogens is 326 g/mol. The highest BCUT2D eigenvalue weighted by Crippen LogP contribution is 2.17. The van der Waals surface area contributed by atoms with Crippen molar-refractivity contribution < 1.29 is 4.79 Å². The quantitative estimate of drug-likeness (QED) is 0.414. The molecule has 1 aromatic rings. The van der Waals surface area contributed by atoms with Crippen molar-refractivity contribution in [1.29, 1.82) is 0 Å². The van der Waals surface area contributed by atoms with Gasteiger partial charge in [0.1, 0.15) is 0 Å². The standard InChI is InChI=1S/C20H31N5O/c1-5-21-19(23-15-18(26)24-20(2,3)4)22-14-16-8-10-17(11-9-16)25-12-6-7-13-25/h6-11H,5,12-15H2,1-4H3,(H,24,26)(H2,21,22,23). The summed E-state index contributed by atoms with van der Waals surface area (Å²) in [6, 6.07) is 8.48. The van der Waals surface area contributed by atoms with Gasteiger partial charge in [0, 0.05) is 30.9 Å². The molecule has 1 aromatic carbocycles. The molecule has 0 aliphatic carbocycles. The van der Waals surface area contributed by atoms with Gasteiger partial charge < -0.3 is 20.9 Å². The molecule has 1 aliphatic rings. The molecule has 6 nitrogen and oxygen atoms in total. The SMILES string of the molecule is CCNC(=NCc1ccc(N2CC=CC2)cc1)NCC(=O)NC(C)(C)C. The van der Waals surface area contributed by atoms with Gasteiger partial charge in [0.25, 0.3) is 0 Å². The number of nitrogens with zero attached hydrogens (tertiary/aromatic N) is 2. The van der Waals surface area contributed by atoms with Gasteiger partial charge in [0.2, 0.25) is 5.91 Å². The smallest absolute Gasteiger partial charge is 0.239 e. The summed E-state index contributed by atoms with van der Waals surface area (Å²) in [5.41, 5.74) is 2.13. The molecule has 1 aliphatic heterocycles. The van der Waals surface area contributed by atoms with Gasteiger partial charge in [-0.1, -0.05) is 24.3 Å². The zero-order chi connectivity index (χ0) is 19.0. The lowest BCUT2D eigenvalue weighted by Crippen LogP contribution is -2.48. The van der Waals surface area contributed by atoms with E-state index in [-0.39, 0.29) is 18.0 Å². The highest BCUT2D eigenvalue weighted by atomic mass is 16.2. The highest BCUT2D eigenvalue weighted by molar-refractivity contribution is 5.86. The van der Waals surface area contributed by atoms with Crippen molar-refractivity contribution in [3.63, 3.8) is 0 Å². The average molecular weight is 358 g/mol. The van der Waals surface area contributed by atoms with Crippen molar-refractivity contribution in [3.8, 4) is 0 Å². The number of hydrogen-bond acceptors (Lipinski definition) is 3. The fourth-order valence-electron chi connectivity index (χ4n) is 2.64. The Morgan fingerprint density at radius 1 is 1.12 bits per heavy atom. The maximum absolute atomic E-state index is 11.9. The topological polar surface area (TPSA) is 68.8 Å². The van der Waals surface area contributed by atoms with E-state index < -0.39 is 0 Å². The van der Waals surface area contributed by atoms with Crippen molar-refractivity contribution in [2.45, 2.75) is 39.8 Å². The Morgan fingerprint density at radius 2 is 1.77 bits per heavy atom. The van der Waals surface area contributed by atoms with Crippen LogP contribution in [0.15, 0.2) is 41.4 Å². The lowest BCUT2D eigenvalue weighted by Gasteiger charge is -2.21. The van der Waals surface area contributed by atoms with Crippen LogP contribution in [0.4, 0.5) is 5.69 Å². The number of hydrogen-bond donors (Lipinski definition) is 3. The molecule has 142 valence electrons. The lowest BCUT2D eigenvalue weighted by molar-refractivity contribution is -0.121. The van der Waals surface area contributed by atoms with Gasteiger partial charge in [-0.3, -0.25) is 4.79 Å². The molecule has 0 atom stereocenters. The Morgan fingerprint density at radius 3 is 2.35 bits per heavy atom. The Labute approximate surface area is 156 Å². The lowest BCUT2D eigenvalue weighted by atomic mass is 10.1. The highest BCUT2D eigenvalue weighted by Gasteiger charge is 2.13. The Kier molecular flexibility index (Phi) is 7.06. The van der Waals surface area contributed by atoms with Crippen molar-refractivity contribution in [2.75, 3.05) is 31.1 Å². The fraction of sp³-hybridized carbons (Fsp3) is 0.500. The van der Waals surface area contributed by atoms with E-state index >= 15 is 0 Å². The predicted molar refractivity (Wildman–Crippen MR) is 109 cm³/mol. The van der Waals surface area contributed by atoms with Crippen LogP contribution in [0.2, 0.25) is 0 Å². The van der Waals surface area contributed by atoms with Gasteiger partial charge in [-0.25, -0.2) is 4.99 Å². The number of carbonyl (C=O) groups excluding carboxylic acids is 1. The van der Waals surface area contributed by atoms with Gasteiger partial charge in [0.05, 0.1) is 13.1 Å².